The minimum absolute atomic E-state index is 0.422. The molecule has 1 atom stereocenters. The Kier molecular flexibility index (Phi) is 5.04. The molecule has 90 valence electrons. The molecule has 0 aromatic carbocycles. The van der Waals surface area contributed by atoms with Crippen LogP contribution in [0.3, 0.4) is 0 Å². The van der Waals surface area contributed by atoms with Gasteiger partial charge in [0.2, 0.25) is 0 Å². The highest BCUT2D eigenvalue weighted by atomic mass is 79.9. The second kappa shape index (κ2) is 5.67. The van der Waals surface area contributed by atoms with Gasteiger partial charge in [0.25, 0.3) is 0 Å². The minimum Gasteiger partial charge on any atom is -0.294 e. The molecule has 0 saturated heterocycles. The number of halogens is 2. The topological polar surface area (TPSA) is 29.1 Å². The molecule has 1 aromatic heterocycles. The van der Waals surface area contributed by atoms with Gasteiger partial charge in [0.15, 0.2) is 0 Å². The summed E-state index contributed by atoms with van der Waals surface area (Å²) in [7, 11) is -1.21. The molecule has 0 spiro atoms. The maximum absolute atomic E-state index is 12.1. The van der Waals surface area contributed by atoms with Crippen LogP contribution < -0.4 is 4.72 Å². The standard InChI is InChI=1S/C10H13BrClNOS2/c1-4-5-10(2,3)16(14)13-9-7(12)6-8(11)15-9/h4-6,13H,1-3H3. The SMILES string of the molecule is CC=CC(C)(C)S(=O)Nc1sc(Br)cc1Cl. The van der Waals surface area contributed by atoms with Crippen LogP contribution in [0.5, 0.6) is 0 Å². The van der Waals surface area contributed by atoms with Crippen molar-refractivity contribution in [2.45, 2.75) is 25.5 Å². The van der Waals surface area contributed by atoms with Crippen molar-refractivity contribution in [2.24, 2.45) is 0 Å². The number of thiophene rings is 1. The van der Waals surface area contributed by atoms with E-state index in [1.165, 1.54) is 11.3 Å². The molecule has 1 rings (SSSR count). The highest BCUT2D eigenvalue weighted by molar-refractivity contribution is 9.11. The molecule has 6 heteroatoms. The smallest absolute Gasteiger partial charge is 0.127 e. The zero-order valence-corrected chi connectivity index (χ0v) is 13.2. The largest absolute Gasteiger partial charge is 0.294 e. The van der Waals surface area contributed by atoms with Crippen LogP contribution in [0.4, 0.5) is 5.00 Å². The van der Waals surface area contributed by atoms with Crippen LogP contribution >= 0.6 is 38.9 Å². The summed E-state index contributed by atoms with van der Waals surface area (Å²) >= 11 is 10.8. The predicted molar refractivity (Wildman–Crippen MR) is 77.7 cm³/mol. The van der Waals surface area contributed by atoms with Gasteiger partial charge in [-0.25, -0.2) is 4.21 Å². The zero-order valence-electron chi connectivity index (χ0n) is 9.21. The second-order valence-corrected chi connectivity index (χ2v) is 8.33. The lowest BCUT2D eigenvalue weighted by Gasteiger charge is -2.19. The minimum atomic E-state index is -1.21. The van der Waals surface area contributed by atoms with Gasteiger partial charge >= 0.3 is 0 Å². The summed E-state index contributed by atoms with van der Waals surface area (Å²) in [5.41, 5.74) is 0. The van der Waals surface area contributed by atoms with E-state index >= 15 is 0 Å². The molecule has 0 radical (unpaired) electrons. The lowest BCUT2D eigenvalue weighted by Crippen LogP contribution is -2.28. The normalized spacial score (nSPS) is 14.3. The first-order chi connectivity index (χ1) is 7.36. The van der Waals surface area contributed by atoms with E-state index in [1.54, 1.807) is 6.07 Å². The van der Waals surface area contributed by atoms with Crippen LogP contribution in [-0.4, -0.2) is 8.96 Å². The molecule has 0 aliphatic rings. The van der Waals surface area contributed by atoms with Crippen LogP contribution in [0.1, 0.15) is 20.8 Å². The Morgan fingerprint density at radius 1 is 1.62 bits per heavy atom. The highest BCUT2D eigenvalue weighted by Crippen LogP contribution is 2.36. The summed E-state index contributed by atoms with van der Waals surface area (Å²) in [5, 5.41) is 1.31. The van der Waals surface area contributed by atoms with Crippen molar-refractivity contribution in [2.75, 3.05) is 4.72 Å². The van der Waals surface area contributed by atoms with E-state index < -0.39 is 15.7 Å². The molecule has 0 bridgehead atoms. The Hall–Kier alpha value is 0.160. The van der Waals surface area contributed by atoms with Gasteiger partial charge in [-0.3, -0.25) is 4.72 Å². The molecule has 0 fully saturated rings. The fourth-order valence-corrected chi connectivity index (χ4v) is 4.05. The lowest BCUT2D eigenvalue weighted by atomic mass is 10.2. The van der Waals surface area contributed by atoms with Gasteiger partial charge in [0.1, 0.15) is 16.0 Å². The van der Waals surface area contributed by atoms with Gasteiger partial charge in [0.05, 0.1) is 13.6 Å². The van der Waals surface area contributed by atoms with E-state index in [1.807, 2.05) is 32.9 Å². The Bertz CT molecular complexity index is 428. The van der Waals surface area contributed by atoms with Gasteiger partial charge in [-0.2, -0.15) is 0 Å². The number of allylic oxidation sites excluding steroid dienone is 1. The van der Waals surface area contributed by atoms with Crippen molar-refractivity contribution >= 4 is 54.9 Å². The van der Waals surface area contributed by atoms with Crippen molar-refractivity contribution in [3.05, 3.63) is 27.0 Å². The Balaban J connectivity index is 2.83. The molecule has 1 unspecified atom stereocenters. The van der Waals surface area contributed by atoms with E-state index in [2.05, 4.69) is 20.7 Å². The van der Waals surface area contributed by atoms with Gasteiger partial charge in [-0.05, 0) is 42.8 Å². The third-order valence-electron chi connectivity index (χ3n) is 1.89. The molecule has 0 aliphatic heterocycles. The van der Waals surface area contributed by atoms with Gasteiger partial charge in [-0.15, -0.1) is 11.3 Å². The molecule has 1 heterocycles. The summed E-state index contributed by atoms with van der Waals surface area (Å²) in [5.74, 6) is 0. The van der Waals surface area contributed by atoms with Crippen molar-refractivity contribution in [3.8, 4) is 0 Å². The molecule has 1 aromatic rings. The molecular formula is C10H13BrClNOS2. The quantitative estimate of drug-likeness (QED) is 0.796. The lowest BCUT2D eigenvalue weighted by molar-refractivity contribution is 0.667. The van der Waals surface area contributed by atoms with Crippen LogP contribution in [0, 0.1) is 0 Å². The third-order valence-corrected chi connectivity index (χ3v) is 5.46. The van der Waals surface area contributed by atoms with Crippen molar-refractivity contribution in [1.82, 2.24) is 0 Å². The molecule has 16 heavy (non-hydrogen) atoms. The maximum Gasteiger partial charge on any atom is 0.127 e. The highest BCUT2D eigenvalue weighted by Gasteiger charge is 2.23. The molecule has 2 nitrogen and oxygen atoms in total. The van der Waals surface area contributed by atoms with Crippen LogP contribution in [0.25, 0.3) is 0 Å². The molecule has 0 saturated carbocycles. The van der Waals surface area contributed by atoms with Crippen molar-refractivity contribution in [3.63, 3.8) is 0 Å². The first-order valence-corrected chi connectivity index (χ1v) is 7.78. The fraction of sp³-hybridized carbons (Fsp3) is 0.400. The van der Waals surface area contributed by atoms with Crippen molar-refractivity contribution in [1.29, 1.82) is 0 Å². The zero-order chi connectivity index (χ0) is 12.3. The third kappa shape index (κ3) is 3.58. The number of hydrogen-bond donors (Lipinski definition) is 1. The first kappa shape index (κ1) is 14.2. The number of anilines is 1. The van der Waals surface area contributed by atoms with E-state index in [-0.39, 0.29) is 0 Å². The summed E-state index contributed by atoms with van der Waals surface area (Å²) in [6.45, 7) is 5.73. The number of nitrogens with one attached hydrogen (secondary N) is 1. The monoisotopic (exact) mass is 341 g/mol. The van der Waals surface area contributed by atoms with E-state index in [0.717, 1.165) is 8.79 Å². The summed E-state index contributed by atoms with van der Waals surface area (Å²) in [6.07, 6.45) is 3.80. The Morgan fingerprint density at radius 2 is 2.25 bits per heavy atom. The van der Waals surface area contributed by atoms with E-state index in [9.17, 15) is 4.21 Å². The van der Waals surface area contributed by atoms with Gasteiger partial charge < -0.3 is 0 Å². The number of hydrogen-bond acceptors (Lipinski definition) is 2. The Labute approximate surface area is 116 Å². The van der Waals surface area contributed by atoms with Crippen LogP contribution in [-0.2, 0) is 11.0 Å². The first-order valence-electron chi connectivity index (χ1n) is 4.64. The summed E-state index contributed by atoms with van der Waals surface area (Å²) < 4.78 is 15.5. The average molecular weight is 343 g/mol. The van der Waals surface area contributed by atoms with Crippen LogP contribution in [0.15, 0.2) is 22.0 Å². The summed E-state index contributed by atoms with van der Waals surface area (Å²) in [4.78, 5) is 0. The molecular weight excluding hydrogens is 330 g/mol. The van der Waals surface area contributed by atoms with Crippen LogP contribution in [0.2, 0.25) is 5.02 Å². The van der Waals surface area contributed by atoms with E-state index in [4.69, 9.17) is 11.6 Å². The second-order valence-electron chi connectivity index (χ2n) is 3.70. The number of rotatable bonds is 4. The maximum atomic E-state index is 12.1. The molecule has 1 N–H and O–H groups in total. The molecule has 0 amide bonds. The van der Waals surface area contributed by atoms with Crippen molar-refractivity contribution < 1.29 is 4.21 Å². The van der Waals surface area contributed by atoms with E-state index in [0.29, 0.717) is 5.02 Å². The van der Waals surface area contributed by atoms with Gasteiger partial charge in [0, 0.05) is 0 Å². The average Bonchev–Trinajstić information content (AvgIpc) is 2.45. The fourth-order valence-electron chi connectivity index (χ4n) is 1.09. The Morgan fingerprint density at radius 3 is 2.69 bits per heavy atom. The summed E-state index contributed by atoms with van der Waals surface area (Å²) in [6, 6.07) is 1.79. The van der Waals surface area contributed by atoms with Gasteiger partial charge in [-0.1, -0.05) is 23.8 Å². The molecule has 0 aliphatic carbocycles. The predicted octanol–water partition coefficient (Wildman–Crippen LogP) is 4.59.